The maximum absolute atomic E-state index is 11.9. The minimum absolute atomic E-state index is 0.122. The Morgan fingerprint density at radius 3 is 2.45 bits per heavy atom. The quantitative estimate of drug-likeness (QED) is 0.768. The molecule has 1 saturated heterocycles. The second kappa shape index (κ2) is 6.92. The summed E-state index contributed by atoms with van der Waals surface area (Å²) in [5, 5.41) is 5.92. The summed E-state index contributed by atoms with van der Waals surface area (Å²) < 4.78 is 10.4. The van der Waals surface area contributed by atoms with E-state index in [2.05, 4.69) is 10.6 Å². The average molecular weight is 286 g/mol. The summed E-state index contributed by atoms with van der Waals surface area (Å²) in [7, 11) is 0. The van der Waals surface area contributed by atoms with E-state index in [4.69, 9.17) is 9.47 Å². The Balaban J connectivity index is 2.45. The maximum atomic E-state index is 11.9. The number of hydrogen-bond acceptors (Lipinski definition) is 5. The first-order chi connectivity index (χ1) is 9.17. The lowest BCUT2D eigenvalue weighted by Crippen LogP contribution is -2.51. The molecule has 1 amide bonds. The van der Waals surface area contributed by atoms with Crippen LogP contribution in [0.25, 0.3) is 0 Å². The minimum Gasteiger partial charge on any atom is -0.463 e. The highest BCUT2D eigenvalue weighted by molar-refractivity contribution is 5.73. The highest BCUT2D eigenvalue weighted by Crippen LogP contribution is 2.14. The third-order valence-electron chi connectivity index (χ3n) is 2.76. The first-order valence-electron chi connectivity index (χ1n) is 7.08. The van der Waals surface area contributed by atoms with Gasteiger partial charge in [0.05, 0.1) is 12.0 Å². The Bertz CT molecular complexity index is 350. The van der Waals surface area contributed by atoms with E-state index in [1.807, 2.05) is 34.6 Å². The van der Waals surface area contributed by atoms with Gasteiger partial charge >= 0.3 is 12.1 Å². The molecule has 0 aromatic carbocycles. The van der Waals surface area contributed by atoms with Gasteiger partial charge in [0.2, 0.25) is 0 Å². The van der Waals surface area contributed by atoms with Crippen LogP contribution in [0, 0.1) is 5.92 Å². The predicted octanol–water partition coefficient (Wildman–Crippen LogP) is 1.44. The van der Waals surface area contributed by atoms with Crippen LogP contribution in [0.5, 0.6) is 0 Å². The van der Waals surface area contributed by atoms with E-state index in [9.17, 15) is 9.59 Å². The van der Waals surface area contributed by atoms with Crippen molar-refractivity contribution in [1.29, 1.82) is 0 Å². The Morgan fingerprint density at radius 1 is 1.25 bits per heavy atom. The van der Waals surface area contributed by atoms with Gasteiger partial charge in [0.1, 0.15) is 5.60 Å². The van der Waals surface area contributed by atoms with Gasteiger partial charge in [0.15, 0.2) is 0 Å². The smallest absolute Gasteiger partial charge is 0.407 e. The van der Waals surface area contributed by atoms with Crippen LogP contribution in [0.4, 0.5) is 4.79 Å². The highest BCUT2D eigenvalue weighted by Gasteiger charge is 2.30. The minimum atomic E-state index is -0.526. The number of ether oxygens (including phenoxy) is 2. The molecule has 0 bridgehead atoms. The monoisotopic (exact) mass is 286 g/mol. The molecule has 0 unspecified atom stereocenters. The first kappa shape index (κ1) is 16.8. The van der Waals surface area contributed by atoms with Gasteiger partial charge in [0.25, 0.3) is 0 Å². The third kappa shape index (κ3) is 6.23. The van der Waals surface area contributed by atoms with Crippen LogP contribution in [-0.4, -0.2) is 42.9 Å². The molecule has 0 spiro atoms. The molecule has 0 radical (unpaired) electrons. The fourth-order valence-electron chi connectivity index (χ4n) is 2.03. The summed E-state index contributed by atoms with van der Waals surface area (Å²) in [4.78, 5) is 23.6. The van der Waals surface area contributed by atoms with Crippen molar-refractivity contribution in [3.63, 3.8) is 0 Å². The summed E-state index contributed by atoms with van der Waals surface area (Å²) in [5.41, 5.74) is -0.526. The standard InChI is InChI=1S/C14H26N2O4/c1-9(2)19-12(17)10-6-11(8-15-7-10)16-13(18)20-14(3,4)5/h9-11,15H,6-8H2,1-5H3,(H,16,18)/t10-,11-/m0/s1. The van der Waals surface area contributed by atoms with Gasteiger partial charge in [-0.15, -0.1) is 0 Å². The number of hydrogen-bond donors (Lipinski definition) is 2. The highest BCUT2D eigenvalue weighted by atomic mass is 16.6. The second-order valence-electron chi connectivity index (χ2n) is 6.42. The molecule has 0 aromatic heterocycles. The van der Waals surface area contributed by atoms with E-state index >= 15 is 0 Å². The molecule has 0 aliphatic carbocycles. The van der Waals surface area contributed by atoms with E-state index in [0.29, 0.717) is 19.5 Å². The Morgan fingerprint density at radius 2 is 1.90 bits per heavy atom. The molecule has 1 rings (SSSR count). The number of piperidine rings is 1. The molecule has 1 aliphatic heterocycles. The van der Waals surface area contributed by atoms with Crippen molar-refractivity contribution in [3.8, 4) is 0 Å². The number of amides is 1. The SMILES string of the molecule is CC(C)OC(=O)[C@@H]1CNC[C@@H](NC(=O)OC(C)(C)C)C1. The summed E-state index contributed by atoms with van der Waals surface area (Å²) in [6.45, 7) is 10.3. The molecule has 0 aromatic rings. The van der Waals surface area contributed by atoms with Crippen molar-refractivity contribution in [2.75, 3.05) is 13.1 Å². The molecule has 1 heterocycles. The van der Waals surface area contributed by atoms with Crippen molar-refractivity contribution >= 4 is 12.1 Å². The first-order valence-corrected chi connectivity index (χ1v) is 7.08. The maximum Gasteiger partial charge on any atom is 0.407 e. The van der Waals surface area contributed by atoms with Crippen molar-refractivity contribution < 1.29 is 19.1 Å². The van der Waals surface area contributed by atoms with E-state index in [1.165, 1.54) is 0 Å². The summed E-state index contributed by atoms with van der Waals surface area (Å²) in [6.07, 6.45) is -0.0125. The van der Waals surface area contributed by atoms with Crippen molar-refractivity contribution in [3.05, 3.63) is 0 Å². The van der Waals surface area contributed by atoms with Gasteiger partial charge in [-0.1, -0.05) is 0 Å². The fraction of sp³-hybridized carbons (Fsp3) is 0.857. The normalized spacial score (nSPS) is 23.3. The number of carbonyl (C=O) groups excluding carboxylic acids is 2. The zero-order chi connectivity index (χ0) is 15.3. The van der Waals surface area contributed by atoms with Crippen LogP contribution in [-0.2, 0) is 14.3 Å². The Kier molecular flexibility index (Phi) is 5.80. The molecule has 1 fully saturated rings. The van der Waals surface area contributed by atoms with Crippen LogP contribution in [0.3, 0.4) is 0 Å². The van der Waals surface area contributed by atoms with Crippen molar-refractivity contribution in [2.45, 2.75) is 58.8 Å². The lowest BCUT2D eigenvalue weighted by atomic mass is 9.96. The van der Waals surface area contributed by atoms with Crippen LogP contribution in [0.15, 0.2) is 0 Å². The van der Waals surface area contributed by atoms with Crippen molar-refractivity contribution in [2.24, 2.45) is 5.92 Å². The lowest BCUT2D eigenvalue weighted by molar-refractivity contribution is -0.153. The van der Waals surface area contributed by atoms with Gasteiger partial charge in [-0.2, -0.15) is 0 Å². The largest absolute Gasteiger partial charge is 0.463 e. The van der Waals surface area contributed by atoms with Gasteiger partial charge in [0, 0.05) is 19.1 Å². The molecule has 6 heteroatoms. The second-order valence-corrected chi connectivity index (χ2v) is 6.42. The van der Waals surface area contributed by atoms with Gasteiger partial charge < -0.3 is 20.1 Å². The molecule has 2 atom stereocenters. The fourth-order valence-corrected chi connectivity index (χ4v) is 2.03. The summed E-state index contributed by atoms with van der Waals surface area (Å²) in [5.74, 6) is -0.450. The number of alkyl carbamates (subject to hydrolysis) is 1. The molecule has 0 saturated carbocycles. The van der Waals surface area contributed by atoms with E-state index in [-0.39, 0.29) is 24.0 Å². The molecule has 6 nitrogen and oxygen atoms in total. The molecular weight excluding hydrogens is 260 g/mol. The zero-order valence-electron chi connectivity index (χ0n) is 13.0. The molecule has 116 valence electrons. The topological polar surface area (TPSA) is 76.7 Å². The van der Waals surface area contributed by atoms with Crippen LogP contribution < -0.4 is 10.6 Å². The van der Waals surface area contributed by atoms with Gasteiger partial charge in [-0.3, -0.25) is 4.79 Å². The number of carbonyl (C=O) groups is 2. The summed E-state index contributed by atoms with van der Waals surface area (Å²) >= 11 is 0. The van der Waals surface area contributed by atoms with E-state index in [1.54, 1.807) is 0 Å². The molecule has 1 aliphatic rings. The lowest BCUT2D eigenvalue weighted by Gasteiger charge is -2.30. The Hall–Kier alpha value is -1.30. The van der Waals surface area contributed by atoms with E-state index < -0.39 is 11.7 Å². The van der Waals surface area contributed by atoms with Gasteiger partial charge in [-0.25, -0.2) is 4.79 Å². The van der Waals surface area contributed by atoms with Crippen LogP contribution in [0.2, 0.25) is 0 Å². The number of nitrogens with one attached hydrogen (secondary N) is 2. The Labute approximate surface area is 120 Å². The molecule has 20 heavy (non-hydrogen) atoms. The zero-order valence-corrected chi connectivity index (χ0v) is 13.0. The van der Waals surface area contributed by atoms with E-state index in [0.717, 1.165) is 0 Å². The predicted molar refractivity (Wildman–Crippen MR) is 75.4 cm³/mol. The molecular formula is C14H26N2O4. The third-order valence-corrected chi connectivity index (χ3v) is 2.76. The van der Waals surface area contributed by atoms with Crippen LogP contribution in [0.1, 0.15) is 41.0 Å². The average Bonchev–Trinajstić information content (AvgIpc) is 2.25. The number of esters is 1. The molecule has 2 N–H and O–H groups in total. The van der Waals surface area contributed by atoms with Gasteiger partial charge in [-0.05, 0) is 41.0 Å². The number of rotatable bonds is 3. The van der Waals surface area contributed by atoms with Crippen molar-refractivity contribution in [1.82, 2.24) is 10.6 Å². The summed E-state index contributed by atoms with van der Waals surface area (Å²) in [6, 6.07) is -0.122. The van der Waals surface area contributed by atoms with Crippen LogP contribution >= 0.6 is 0 Å².